The summed E-state index contributed by atoms with van der Waals surface area (Å²) in [4.78, 5) is 25.8. The van der Waals surface area contributed by atoms with Gasteiger partial charge < -0.3 is 14.4 Å². The molecule has 0 saturated heterocycles. The molecule has 0 saturated carbocycles. The molecule has 2 rings (SSSR count). The maximum atomic E-state index is 12.6. The minimum absolute atomic E-state index is 0.0103. The first-order valence-electron chi connectivity index (χ1n) is 9.16. The van der Waals surface area contributed by atoms with Gasteiger partial charge in [0.15, 0.2) is 0 Å². The Morgan fingerprint density at radius 2 is 1.67 bits per heavy atom. The van der Waals surface area contributed by atoms with Gasteiger partial charge in [0.25, 0.3) is 0 Å². The van der Waals surface area contributed by atoms with Crippen LogP contribution in [0, 0.1) is 6.92 Å². The molecule has 27 heavy (non-hydrogen) atoms. The Hall–Kier alpha value is -2.82. The maximum Gasteiger partial charge on any atom is 0.307 e. The summed E-state index contributed by atoms with van der Waals surface area (Å²) < 4.78 is 10.3. The minimum atomic E-state index is -0.316. The van der Waals surface area contributed by atoms with Crippen LogP contribution in [0.3, 0.4) is 0 Å². The molecule has 0 aromatic heterocycles. The lowest BCUT2D eigenvalue weighted by atomic mass is 10.1. The van der Waals surface area contributed by atoms with Crippen molar-refractivity contribution in [3.8, 4) is 5.75 Å². The van der Waals surface area contributed by atoms with E-state index < -0.39 is 0 Å². The zero-order valence-electron chi connectivity index (χ0n) is 16.0. The van der Waals surface area contributed by atoms with E-state index in [0.29, 0.717) is 32.5 Å². The predicted octanol–water partition coefficient (Wildman–Crippen LogP) is 3.75. The summed E-state index contributed by atoms with van der Waals surface area (Å²) in [7, 11) is 1.36. The van der Waals surface area contributed by atoms with Gasteiger partial charge in [-0.05, 0) is 31.0 Å². The fourth-order valence-electron chi connectivity index (χ4n) is 2.62. The van der Waals surface area contributed by atoms with Crippen molar-refractivity contribution < 1.29 is 19.1 Å². The lowest BCUT2D eigenvalue weighted by Crippen LogP contribution is -2.32. The van der Waals surface area contributed by atoms with Crippen molar-refractivity contribution in [2.45, 2.75) is 32.7 Å². The molecule has 0 radical (unpaired) electrons. The fourth-order valence-corrected chi connectivity index (χ4v) is 2.62. The molecule has 2 aromatic rings. The normalized spacial score (nSPS) is 10.3. The summed E-state index contributed by atoms with van der Waals surface area (Å²) >= 11 is 0. The molecular formula is C22H27NO4. The number of nitrogens with zero attached hydrogens (tertiary/aromatic N) is 1. The quantitative estimate of drug-likeness (QED) is 0.473. The molecule has 2 aromatic carbocycles. The van der Waals surface area contributed by atoms with Gasteiger partial charge in [-0.15, -0.1) is 0 Å². The summed E-state index contributed by atoms with van der Waals surface area (Å²) in [6.45, 7) is 3.33. The molecule has 5 nitrogen and oxygen atoms in total. The van der Waals surface area contributed by atoms with E-state index in [2.05, 4.69) is 0 Å². The van der Waals surface area contributed by atoms with Crippen LogP contribution in [0.2, 0.25) is 0 Å². The highest BCUT2D eigenvalue weighted by Crippen LogP contribution is 2.12. The molecule has 0 heterocycles. The Balaban J connectivity index is 1.86. The Morgan fingerprint density at radius 1 is 0.963 bits per heavy atom. The summed E-state index contributed by atoms with van der Waals surface area (Å²) in [5.74, 6) is 0.493. The summed E-state index contributed by atoms with van der Waals surface area (Å²) in [6, 6.07) is 17.6. The molecule has 0 aliphatic carbocycles. The summed E-state index contributed by atoms with van der Waals surface area (Å²) in [5.41, 5.74) is 2.21. The number of esters is 1. The fraction of sp³-hybridized carbons (Fsp3) is 0.364. The molecule has 0 unspecified atom stereocenters. The largest absolute Gasteiger partial charge is 0.494 e. The van der Waals surface area contributed by atoms with Crippen LogP contribution in [0.5, 0.6) is 5.75 Å². The minimum Gasteiger partial charge on any atom is -0.494 e. The van der Waals surface area contributed by atoms with E-state index in [-0.39, 0.29) is 18.3 Å². The number of hydrogen-bond acceptors (Lipinski definition) is 4. The van der Waals surface area contributed by atoms with Crippen LogP contribution in [0.4, 0.5) is 0 Å². The van der Waals surface area contributed by atoms with Crippen molar-refractivity contribution in [1.82, 2.24) is 4.90 Å². The SMILES string of the molecule is COC(=O)CCN(Cc1ccc(C)cc1)C(=O)CCCOc1ccccc1. The van der Waals surface area contributed by atoms with Gasteiger partial charge in [0.1, 0.15) is 5.75 Å². The molecule has 0 aliphatic rings. The predicted molar refractivity (Wildman–Crippen MR) is 104 cm³/mol. The van der Waals surface area contributed by atoms with Gasteiger partial charge in [0.2, 0.25) is 5.91 Å². The molecule has 0 atom stereocenters. The van der Waals surface area contributed by atoms with Crippen molar-refractivity contribution in [2.24, 2.45) is 0 Å². The number of hydrogen-bond donors (Lipinski definition) is 0. The third-order valence-electron chi connectivity index (χ3n) is 4.21. The molecule has 0 N–H and O–H groups in total. The van der Waals surface area contributed by atoms with Crippen molar-refractivity contribution >= 4 is 11.9 Å². The zero-order valence-corrected chi connectivity index (χ0v) is 16.0. The second kappa shape index (κ2) is 11.0. The summed E-state index contributed by atoms with van der Waals surface area (Å²) in [5, 5.41) is 0. The number of amides is 1. The van der Waals surface area contributed by atoms with Gasteiger partial charge in [-0.1, -0.05) is 48.0 Å². The standard InChI is InChI=1S/C22H27NO4/c1-18-10-12-19(13-11-18)17-23(15-14-22(25)26-2)21(24)9-6-16-27-20-7-4-3-5-8-20/h3-5,7-8,10-13H,6,9,14-17H2,1-2H3. The number of carbonyl (C=O) groups excluding carboxylic acids is 2. The Labute approximate surface area is 160 Å². The van der Waals surface area contributed by atoms with E-state index in [1.165, 1.54) is 12.7 Å². The second-order valence-corrected chi connectivity index (χ2v) is 6.39. The third-order valence-corrected chi connectivity index (χ3v) is 4.21. The topological polar surface area (TPSA) is 55.8 Å². The van der Waals surface area contributed by atoms with Crippen LogP contribution in [0.25, 0.3) is 0 Å². The van der Waals surface area contributed by atoms with Gasteiger partial charge in [-0.2, -0.15) is 0 Å². The molecule has 144 valence electrons. The Kier molecular flexibility index (Phi) is 8.36. The molecule has 0 bridgehead atoms. The highest BCUT2D eigenvalue weighted by atomic mass is 16.5. The Bertz CT molecular complexity index is 713. The first-order valence-corrected chi connectivity index (χ1v) is 9.16. The van der Waals surface area contributed by atoms with Crippen molar-refractivity contribution in [3.63, 3.8) is 0 Å². The van der Waals surface area contributed by atoms with E-state index >= 15 is 0 Å². The Morgan fingerprint density at radius 3 is 2.33 bits per heavy atom. The smallest absolute Gasteiger partial charge is 0.307 e. The van der Waals surface area contributed by atoms with E-state index in [0.717, 1.165) is 11.3 Å². The monoisotopic (exact) mass is 369 g/mol. The zero-order chi connectivity index (χ0) is 19.5. The van der Waals surface area contributed by atoms with E-state index in [4.69, 9.17) is 9.47 Å². The number of benzene rings is 2. The van der Waals surface area contributed by atoms with Crippen molar-refractivity contribution in [2.75, 3.05) is 20.3 Å². The van der Waals surface area contributed by atoms with E-state index in [9.17, 15) is 9.59 Å². The first-order chi connectivity index (χ1) is 13.1. The lowest BCUT2D eigenvalue weighted by molar-refractivity contribution is -0.142. The van der Waals surface area contributed by atoms with Gasteiger partial charge in [-0.3, -0.25) is 9.59 Å². The van der Waals surface area contributed by atoms with Gasteiger partial charge >= 0.3 is 5.97 Å². The summed E-state index contributed by atoms with van der Waals surface area (Å²) in [6.07, 6.45) is 1.19. The molecule has 1 amide bonds. The number of methoxy groups -OCH3 is 1. The molecular weight excluding hydrogens is 342 g/mol. The highest BCUT2D eigenvalue weighted by molar-refractivity contribution is 5.77. The van der Waals surface area contributed by atoms with Gasteiger partial charge in [-0.25, -0.2) is 0 Å². The first kappa shape index (κ1) is 20.5. The third kappa shape index (κ3) is 7.52. The number of rotatable bonds is 10. The maximum absolute atomic E-state index is 12.6. The number of ether oxygens (including phenoxy) is 2. The van der Waals surface area contributed by atoms with Crippen LogP contribution in [0.15, 0.2) is 54.6 Å². The number of aryl methyl sites for hydroxylation is 1. The van der Waals surface area contributed by atoms with Crippen LogP contribution in [0.1, 0.15) is 30.4 Å². The molecule has 0 aliphatic heterocycles. The van der Waals surface area contributed by atoms with Crippen LogP contribution in [-0.4, -0.2) is 37.0 Å². The van der Waals surface area contributed by atoms with E-state index in [1.807, 2.05) is 61.5 Å². The number of carbonyl (C=O) groups is 2. The second-order valence-electron chi connectivity index (χ2n) is 6.39. The molecule has 5 heteroatoms. The van der Waals surface area contributed by atoms with Gasteiger partial charge in [0, 0.05) is 19.5 Å². The number of para-hydroxylation sites is 1. The van der Waals surface area contributed by atoms with E-state index in [1.54, 1.807) is 4.90 Å². The molecule has 0 fully saturated rings. The average Bonchev–Trinajstić information content (AvgIpc) is 2.70. The van der Waals surface area contributed by atoms with Gasteiger partial charge in [0.05, 0.1) is 20.1 Å². The van der Waals surface area contributed by atoms with Crippen molar-refractivity contribution in [3.05, 3.63) is 65.7 Å². The van der Waals surface area contributed by atoms with Crippen molar-refractivity contribution in [1.29, 1.82) is 0 Å². The van der Waals surface area contributed by atoms with Crippen LogP contribution < -0.4 is 4.74 Å². The van der Waals surface area contributed by atoms with Crippen LogP contribution in [-0.2, 0) is 20.9 Å². The van der Waals surface area contributed by atoms with Crippen LogP contribution >= 0.6 is 0 Å². The molecule has 0 spiro atoms. The lowest BCUT2D eigenvalue weighted by Gasteiger charge is -2.22. The highest BCUT2D eigenvalue weighted by Gasteiger charge is 2.15. The average molecular weight is 369 g/mol.